The van der Waals surface area contributed by atoms with Gasteiger partial charge in [-0.15, -0.1) is 0 Å². The first-order valence-electron chi connectivity index (χ1n) is 9.93. The first kappa shape index (κ1) is 20.5. The first-order valence-corrected chi connectivity index (χ1v) is 10.7. The lowest BCUT2D eigenvalue weighted by atomic mass is 10.0. The van der Waals surface area contributed by atoms with E-state index in [4.69, 9.17) is 14.7 Å². The number of imidazole rings is 1. The Labute approximate surface area is 184 Å². The molecule has 0 fully saturated rings. The molecule has 154 valence electrons. The van der Waals surface area contributed by atoms with Crippen molar-refractivity contribution in [2.45, 2.75) is 38.6 Å². The lowest BCUT2D eigenvalue weighted by Crippen LogP contribution is -2.11. The van der Waals surface area contributed by atoms with E-state index in [1.807, 2.05) is 30.5 Å². The lowest BCUT2D eigenvalue weighted by molar-refractivity contribution is -0.140. The number of halogens is 1. The molecule has 1 atom stereocenters. The van der Waals surface area contributed by atoms with Gasteiger partial charge in [-0.1, -0.05) is 35.8 Å². The quantitative estimate of drug-likeness (QED) is 0.496. The van der Waals surface area contributed by atoms with E-state index in [1.165, 1.54) is 7.11 Å². The number of methoxy groups -OCH3 is 1. The maximum Gasteiger partial charge on any atom is 0.305 e. The third kappa shape index (κ3) is 3.81. The molecule has 0 N–H and O–H groups in total. The molecule has 1 aromatic carbocycles. The van der Waals surface area contributed by atoms with Gasteiger partial charge in [0, 0.05) is 34.5 Å². The normalized spacial score (nSPS) is 15.2. The zero-order chi connectivity index (χ0) is 21.3. The van der Waals surface area contributed by atoms with Gasteiger partial charge in [-0.3, -0.25) is 19.3 Å². The molecule has 2 aromatic heterocycles. The van der Waals surface area contributed by atoms with Gasteiger partial charge >= 0.3 is 5.97 Å². The van der Waals surface area contributed by atoms with Gasteiger partial charge in [0.1, 0.15) is 11.9 Å². The number of benzene rings is 1. The Morgan fingerprint density at radius 3 is 2.77 bits per heavy atom. The highest BCUT2D eigenvalue weighted by Gasteiger charge is 2.29. The number of carbonyl (C=O) groups is 1. The van der Waals surface area contributed by atoms with Gasteiger partial charge in [0.15, 0.2) is 0 Å². The van der Waals surface area contributed by atoms with Crippen LogP contribution in [0.25, 0.3) is 5.69 Å². The smallest absolute Gasteiger partial charge is 0.305 e. The molecule has 0 aliphatic carbocycles. The van der Waals surface area contributed by atoms with Gasteiger partial charge in [0.25, 0.3) is 0 Å². The number of nitrogens with zero attached hydrogens (tertiary/aromatic N) is 4. The lowest BCUT2D eigenvalue weighted by Gasteiger charge is -2.17. The van der Waals surface area contributed by atoms with Crippen LogP contribution in [0.3, 0.4) is 0 Å². The molecule has 1 aliphatic rings. The van der Waals surface area contributed by atoms with Crippen molar-refractivity contribution < 1.29 is 9.53 Å². The van der Waals surface area contributed by atoms with E-state index in [0.717, 1.165) is 38.6 Å². The van der Waals surface area contributed by atoms with Gasteiger partial charge in [-0.05, 0) is 42.7 Å². The molecule has 0 saturated carbocycles. The van der Waals surface area contributed by atoms with Crippen molar-refractivity contribution in [1.29, 1.82) is 0 Å². The number of fused-ring (bicyclic) bond motifs is 3. The van der Waals surface area contributed by atoms with Crippen LogP contribution in [0.2, 0.25) is 0 Å². The molecular formula is C23H23BrN4O2. The maximum absolute atomic E-state index is 11.9. The van der Waals surface area contributed by atoms with Crippen molar-refractivity contribution in [3.63, 3.8) is 0 Å². The molecule has 1 unspecified atom stereocenters. The molecule has 0 radical (unpaired) electrons. The number of ether oxygens (including phenoxy) is 1. The number of rotatable bonds is 5. The second kappa shape index (κ2) is 8.52. The number of pyridine rings is 1. The molecule has 3 aromatic rings. The van der Waals surface area contributed by atoms with Crippen LogP contribution < -0.4 is 0 Å². The average molecular weight is 467 g/mol. The van der Waals surface area contributed by atoms with E-state index >= 15 is 0 Å². The summed E-state index contributed by atoms with van der Waals surface area (Å²) in [4.78, 5) is 26.3. The van der Waals surface area contributed by atoms with Crippen LogP contribution in [0, 0.1) is 0 Å². The number of carbonyl (C=O) groups excluding carboxylic acids is 1. The average Bonchev–Trinajstić information content (AvgIpc) is 3.14. The van der Waals surface area contributed by atoms with Crippen LogP contribution in [0.4, 0.5) is 0 Å². The topological polar surface area (TPSA) is 69.4 Å². The minimum absolute atomic E-state index is 0.253. The monoisotopic (exact) mass is 466 g/mol. The Morgan fingerprint density at radius 1 is 1.23 bits per heavy atom. The molecule has 0 bridgehead atoms. The van der Waals surface area contributed by atoms with Crippen LogP contribution in [-0.4, -0.2) is 33.3 Å². The SMILES string of the molecule is COC(=O)CCC1N=C(c2ccccn2)c2cc(Br)ccc2-n2c(C(C)C)cnc21. The molecular weight excluding hydrogens is 444 g/mol. The first-order chi connectivity index (χ1) is 14.5. The zero-order valence-electron chi connectivity index (χ0n) is 17.2. The summed E-state index contributed by atoms with van der Waals surface area (Å²) in [6, 6.07) is 11.7. The van der Waals surface area contributed by atoms with Crippen molar-refractivity contribution in [3.05, 3.63) is 76.0 Å². The van der Waals surface area contributed by atoms with Crippen molar-refractivity contribution >= 4 is 27.6 Å². The molecule has 1 aliphatic heterocycles. The molecule has 0 saturated heterocycles. The van der Waals surface area contributed by atoms with E-state index in [1.54, 1.807) is 6.20 Å². The predicted octanol–water partition coefficient (Wildman–Crippen LogP) is 5.00. The van der Waals surface area contributed by atoms with Gasteiger partial charge in [-0.25, -0.2) is 4.98 Å². The van der Waals surface area contributed by atoms with E-state index in [2.05, 4.69) is 51.5 Å². The van der Waals surface area contributed by atoms with E-state index < -0.39 is 0 Å². The Kier molecular flexibility index (Phi) is 5.81. The highest BCUT2D eigenvalue weighted by atomic mass is 79.9. The highest BCUT2D eigenvalue weighted by Crippen LogP contribution is 2.36. The zero-order valence-corrected chi connectivity index (χ0v) is 18.8. The van der Waals surface area contributed by atoms with Crippen LogP contribution in [0.5, 0.6) is 0 Å². The fraction of sp³-hybridized carbons (Fsp3) is 0.304. The number of esters is 1. The summed E-state index contributed by atoms with van der Waals surface area (Å²) >= 11 is 3.61. The van der Waals surface area contributed by atoms with Crippen molar-refractivity contribution in [2.75, 3.05) is 7.11 Å². The number of aromatic nitrogens is 3. The highest BCUT2D eigenvalue weighted by molar-refractivity contribution is 9.10. The Bertz CT molecular complexity index is 1110. The Hall–Kier alpha value is -2.80. The maximum atomic E-state index is 11.9. The molecule has 4 rings (SSSR count). The van der Waals surface area contributed by atoms with Gasteiger partial charge in [0.05, 0.1) is 24.2 Å². The van der Waals surface area contributed by atoms with Crippen LogP contribution >= 0.6 is 15.9 Å². The Balaban J connectivity index is 1.96. The van der Waals surface area contributed by atoms with Gasteiger partial charge in [-0.2, -0.15) is 0 Å². The van der Waals surface area contributed by atoms with E-state index in [-0.39, 0.29) is 24.3 Å². The molecule has 0 amide bonds. The van der Waals surface area contributed by atoms with Crippen LogP contribution in [0.15, 0.2) is 58.3 Å². The summed E-state index contributed by atoms with van der Waals surface area (Å²) < 4.78 is 8.01. The molecule has 3 heterocycles. The largest absolute Gasteiger partial charge is 0.469 e. The molecule has 0 spiro atoms. The predicted molar refractivity (Wildman–Crippen MR) is 119 cm³/mol. The summed E-state index contributed by atoms with van der Waals surface area (Å²) in [6.07, 6.45) is 4.46. The molecule has 7 heteroatoms. The van der Waals surface area contributed by atoms with Crippen LogP contribution in [0.1, 0.15) is 61.4 Å². The fourth-order valence-corrected chi connectivity index (χ4v) is 4.08. The number of hydrogen-bond acceptors (Lipinski definition) is 5. The van der Waals surface area contributed by atoms with Gasteiger partial charge in [0.2, 0.25) is 0 Å². The van der Waals surface area contributed by atoms with E-state index in [9.17, 15) is 4.79 Å². The second-order valence-electron chi connectivity index (χ2n) is 7.52. The Morgan fingerprint density at radius 2 is 2.07 bits per heavy atom. The van der Waals surface area contributed by atoms with Gasteiger partial charge < -0.3 is 4.74 Å². The number of hydrogen-bond donors (Lipinski definition) is 0. The van der Waals surface area contributed by atoms with Crippen molar-refractivity contribution in [1.82, 2.24) is 14.5 Å². The summed E-state index contributed by atoms with van der Waals surface area (Å²) in [7, 11) is 1.41. The molecule has 30 heavy (non-hydrogen) atoms. The van der Waals surface area contributed by atoms with Crippen molar-refractivity contribution in [2.24, 2.45) is 4.99 Å². The summed E-state index contributed by atoms with van der Waals surface area (Å²) in [6.45, 7) is 4.30. The summed E-state index contributed by atoms with van der Waals surface area (Å²) in [5, 5.41) is 0. The minimum Gasteiger partial charge on any atom is -0.469 e. The third-order valence-corrected chi connectivity index (χ3v) is 5.70. The fourth-order valence-electron chi connectivity index (χ4n) is 3.72. The standard InChI is InChI=1S/C23H23BrN4O2/c1-14(2)20-13-26-23-18(8-10-21(29)30-3)27-22(17-6-4-5-11-25-17)16-12-15(24)7-9-19(16)28(20)23/h4-7,9,11-14,18H,8,10H2,1-3H3. The summed E-state index contributed by atoms with van der Waals surface area (Å²) in [5.41, 5.74) is 4.68. The van der Waals surface area contributed by atoms with Crippen LogP contribution in [-0.2, 0) is 9.53 Å². The van der Waals surface area contributed by atoms with Crippen molar-refractivity contribution in [3.8, 4) is 5.69 Å². The third-order valence-electron chi connectivity index (χ3n) is 5.20. The summed E-state index contributed by atoms with van der Waals surface area (Å²) in [5.74, 6) is 0.855. The molecule has 6 nitrogen and oxygen atoms in total. The van der Waals surface area contributed by atoms with E-state index in [0.29, 0.717) is 6.42 Å². The minimum atomic E-state index is -0.292. The number of aliphatic imine (C=N–C) groups is 1. The second-order valence-corrected chi connectivity index (χ2v) is 8.43.